The van der Waals surface area contributed by atoms with Gasteiger partial charge in [0.1, 0.15) is 0 Å². The topological polar surface area (TPSA) is 13.1 Å². The molecule has 1 rings (SSSR count). The Morgan fingerprint density at radius 2 is 2.29 bits per heavy atom. The number of hydrogen-bond donors (Lipinski definition) is 0. The molecule has 7 heavy (non-hydrogen) atoms. The molecule has 0 spiro atoms. The Morgan fingerprint density at radius 3 is 2.43 bits per heavy atom. The molecule has 0 fully saturated rings. The summed E-state index contributed by atoms with van der Waals surface area (Å²) in [6.45, 7) is 1.92. The summed E-state index contributed by atoms with van der Waals surface area (Å²) >= 11 is 2.76. The van der Waals surface area contributed by atoms with Crippen molar-refractivity contribution in [3.05, 3.63) is 17.9 Å². The van der Waals surface area contributed by atoms with Crippen LogP contribution in [0.5, 0.6) is 0 Å². The van der Waals surface area contributed by atoms with E-state index in [2.05, 4.69) is 16.0 Å². The Labute approximate surface area is 50.5 Å². The first-order valence-corrected chi connectivity index (χ1v) is 2.88. The molecule has 0 bridgehead atoms. The molecule has 37 valence electrons. The Hall–Kier alpha value is -0.201. The fraction of sp³-hybridized carbons (Fsp3) is 0.200. The Bertz CT molecular complexity index is 140. The Kier molecular flexibility index (Phi) is 1.22. The van der Waals surface area contributed by atoms with Crippen LogP contribution in [0.4, 0.5) is 0 Å². The molecule has 1 heterocycles. The van der Waals surface area contributed by atoms with E-state index < -0.39 is 0 Å². The van der Waals surface area contributed by atoms with Crippen molar-refractivity contribution in [2.75, 3.05) is 0 Å². The van der Waals surface area contributed by atoms with E-state index in [1.165, 1.54) is 0 Å². The molecule has 0 saturated carbocycles. The van der Waals surface area contributed by atoms with E-state index in [1.807, 2.05) is 19.1 Å². The molecule has 0 N–H and O–H groups in total. The van der Waals surface area contributed by atoms with Crippen LogP contribution < -0.4 is 4.66 Å². The second kappa shape index (κ2) is 1.73. The molecular weight excluding hydrogens is 155 g/mol. The first-order valence-electron chi connectivity index (χ1n) is 2.02. The van der Waals surface area contributed by atoms with Gasteiger partial charge in [-0.25, -0.2) is 0 Å². The van der Waals surface area contributed by atoms with E-state index >= 15 is 0 Å². The van der Waals surface area contributed by atoms with E-state index in [9.17, 15) is 0 Å². The molecule has 2 heteroatoms. The number of aryl methyl sites for hydroxylation is 1. The van der Waals surface area contributed by atoms with Gasteiger partial charge in [-0.3, -0.25) is 0 Å². The van der Waals surface area contributed by atoms with Crippen LogP contribution >= 0.6 is 0 Å². The third-order valence-corrected chi connectivity index (χ3v) is 1.18. The van der Waals surface area contributed by atoms with Gasteiger partial charge in [0.15, 0.2) is 0 Å². The predicted molar refractivity (Wildman–Crippen MR) is 28.8 cm³/mol. The van der Waals surface area contributed by atoms with E-state index in [0.717, 1.165) is 10.4 Å². The van der Waals surface area contributed by atoms with Crippen molar-refractivity contribution < 1.29 is 4.42 Å². The molecule has 0 aliphatic rings. The summed E-state index contributed by atoms with van der Waals surface area (Å²) in [7, 11) is 0. The van der Waals surface area contributed by atoms with Crippen molar-refractivity contribution in [2.45, 2.75) is 6.92 Å². The zero-order valence-electron chi connectivity index (χ0n) is 3.97. The van der Waals surface area contributed by atoms with Crippen molar-refractivity contribution in [1.29, 1.82) is 0 Å². The minimum absolute atomic E-state index is 0.859. The maximum atomic E-state index is 5.03. The van der Waals surface area contributed by atoms with Crippen LogP contribution in [0.2, 0.25) is 0 Å². The molecule has 0 saturated heterocycles. The first-order chi connectivity index (χ1) is 3.29. The van der Waals surface area contributed by atoms with Crippen molar-refractivity contribution in [1.82, 2.24) is 0 Å². The van der Waals surface area contributed by atoms with Crippen LogP contribution in [-0.4, -0.2) is 16.0 Å². The number of hydrogen-bond acceptors (Lipinski definition) is 1. The van der Waals surface area contributed by atoms with Gasteiger partial charge in [-0.05, 0) is 0 Å². The van der Waals surface area contributed by atoms with E-state index in [0.29, 0.717) is 0 Å². The molecule has 1 radical (unpaired) electrons. The van der Waals surface area contributed by atoms with E-state index in [4.69, 9.17) is 4.42 Å². The van der Waals surface area contributed by atoms with Crippen molar-refractivity contribution >= 4 is 20.7 Å². The van der Waals surface area contributed by atoms with Gasteiger partial charge in [-0.2, -0.15) is 0 Å². The molecule has 1 aromatic heterocycles. The third kappa shape index (κ3) is 1.08. The molecule has 0 atom stereocenters. The van der Waals surface area contributed by atoms with E-state index in [-0.39, 0.29) is 0 Å². The molecule has 0 unspecified atom stereocenters. The fourth-order valence-electron chi connectivity index (χ4n) is 0.412. The van der Waals surface area contributed by atoms with Crippen molar-refractivity contribution in [2.24, 2.45) is 0 Å². The van der Waals surface area contributed by atoms with Crippen molar-refractivity contribution in [3.63, 3.8) is 0 Å². The van der Waals surface area contributed by atoms with Crippen LogP contribution in [0, 0.1) is 6.92 Å². The van der Waals surface area contributed by atoms with Crippen LogP contribution in [0.15, 0.2) is 16.5 Å². The van der Waals surface area contributed by atoms with Gasteiger partial charge >= 0.3 is 49.9 Å². The molecule has 1 aromatic rings. The Morgan fingerprint density at radius 1 is 1.57 bits per heavy atom. The minimum atomic E-state index is 0.859. The second-order valence-electron chi connectivity index (χ2n) is 1.37. The summed E-state index contributed by atoms with van der Waals surface area (Å²) < 4.78 is 5.89. The molecular formula is C5H5OSe. The number of furan rings is 1. The van der Waals surface area contributed by atoms with Crippen LogP contribution in [0.25, 0.3) is 0 Å². The molecule has 0 aliphatic heterocycles. The molecule has 0 aromatic carbocycles. The van der Waals surface area contributed by atoms with Crippen LogP contribution in [0.1, 0.15) is 5.76 Å². The van der Waals surface area contributed by atoms with Gasteiger partial charge in [0.05, 0.1) is 0 Å². The zero-order chi connectivity index (χ0) is 5.28. The monoisotopic (exact) mass is 161 g/mol. The first kappa shape index (κ1) is 4.95. The average molecular weight is 160 g/mol. The fourth-order valence-corrected chi connectivity index (χ4v) is 0.831. The normalized spacial score (nSPS) is 9.29. The van der Waals surface area contributed by atoms with Gasteiger partial charge in [0.2, 0.25) is 0 Å². The van der Waals surface area contributed by atoms with Crippen LogP contribution in [-0.2, 0) is 0 Å². The second-order valence-corrected chi connectivity index (χ2v) is 2.21. The summed E-state index contributed by atoms with van der Waals surface area (Å²) in [4.78, 5) is 0. The van der Waals surface area contributed by atoms with Gasteiger partial charge in [0.25, 0.3) is 0 Å². The van der Waals surface area contributed by atoms with Crippen LogP contribution in [0.3, 0.4) is 0 Å². The molecule has 1 nitrogen and oxygen atoms in total. The SMILES string of the molecule is Cc1ccc([Se])o1. The molecule has 0 aliphatic carbocycles. The average Bonchev–Trinajstić information content (AvgIpc) is 1.87. The predicted octanol–water partition coefficient (Wildman–Crippen LogP) is 0.382. The molecule has 0 amide bonds. The zero-order valence-corrected chi connectivity index (χ0v) is 5.68. The summed E-state index contributed by atoms with van der Waals surface area (Å²) in [5, 5.41) is 0. The van der Waals surface area contributed by atoms with Crippen molar-refractivity contribution in [3.8, 4) is 0 Å². The summed E-state index contributed by atoms with van der Waals surface area (Å²) in [5.74, 6) is 0.953. The summed E-state index contributed by atoms with van der Waals surface area (Å²) in [5.41, 5.74) is 0. The van der Waals surface area contributed by atoms with Gasteiger partial charge < -0.3 is 0 Å². The summed E-state index contributed by atoms with van der Waals surface area (Å²) in [6, 6.07) is 3.82. The Balaban J connectivity index is 3.04. The third-order valence-electron chi connectivity index (χ3n) is 0.716. The van der Waals surface area contributed by atoms with Gasteiger partial charge in [-0.1, -0.05) is 0 Å². The van der Waals surface area contributed by atoms with Gasteiger partial charge in [-0.15, -0.1) is 0 Å². The van der Waals surface area contributed by atoms with Gasteiger partial charge in [0, 0.05) is 0 Å². The van der Waals surface area contributed by atoms with E-state index in [1.54, 1.807) is 0 Å². The standard InChI is InChI=1S/C5H5OSe/c1-4-2-3-5(7)6-4/h2-3H,1H3. The quantitative estimate of drug-likeness (QED) is 0.500. The maximum absolute atomic E-state index is 5.03. The summed E-state index contributed by atoms with van der Waals surface area (Å²) in [6.07, 6.45) is 0. The number of rotatable bonds is 0.